The van der Waals surface area contributed by atoms with Gasteiger partial charge in [-0.25, -0.2) is 9.18 Å². The second-order valence-corrected chi connectivity index (χ2v) is 6.07. The number of furan rings is 1. The van der Waals surface area contributed by atoms with E-state index >= 15 is 0 Å². The number of nitrogens with two attached hydrogens (primary N) is 1. The van der Waals surface area contributed by atoms with Crippen LogP contribution in [0.3, 0.4) is 0 Å². The molecule has 2 aromatic rings. The van der Waals surface area contributed by atoms with Crippen molar-refractivity contribution in [3.8, 4) is 0 Å². The number of carbonyl (C=O) groups excluding carboxylic acids is 2. The van der Waals surface area contributed by atoms with Gasteiger partial charge >= 0.3 is 6.03 Å². The summed E-state index contributed by atoms with van der Waals surface area (Å²) in [4.78, 5) is 23.6. The van der Waals surface area contributed by atoms with Crippen LogP contribution >= 0.6 is 0 Å². The average Bonchev–Trinajstić information content (AvgIpc) is 3.08. The van der Waals surface area contributed by atoms with E-state index in [1.54, 1.807) is 24.3 Å². The van der Waals surface area contributed by atoms with Crippen molar-refractivity contribution in [3.05, 3.63) is 59.8 Å². The topological polar surface area (TPSA) is 88.0 Å². The highest BCUT2D eigenvalue weighted by Crippen LogP contribution is 2.17. The van der Waals surface area contributed by atoms with Gasteiger partial charge < -0.3 is 15.1 Å². The number of hydrogen-bond donors (Lipinski definition) is 3. The molecule has 0 aliphatic heterocycles. The molecule has 2 rings (SSSR count). The number of imide groups is 1. The van der Waals surface area contributed by atoms with Crippen molar-refractivity contribution < 1.29 is 23.7 Å². The van der Waals surface area contributed by atoms with Crippen molar-refractivity contribution in [2.45, 2.75) is 26.4 Å². The quantitative estimate of drug-likeness (QED) is 0.712. The van der Waals surface area contributed by atoms with Crippen molar-refractivity contribution in [2.75, 3.05) is 6.54 Å². The molecule has 0 unspecified atom stereocenters. The second kappa shape index (κ2) is 8.98. The summed E-state index contributed by atoms with van der Waals surface area (Å²) in [6.45, 7) is 4.35. The first kappa shape index (κ1) is 18.7. The van der Waals surface area contributed by atoms with Crippen LogP contribution in [-0.4, -0.2) is 18.5 Å². The van der Waals surface area contributed by atoms with Gasteiger partial charge in [-0.1, -0.05) is 26.0 Å². The summed E-state index contributed by atoms with van der Waals surface area (Å²) in [6, 6.07) is 9.11. The lowest BCUT2D eigenvalue weighted by atomic mass is 9.96. The highest BCUT2D eigenvalue weighted by Gasteiger charge is 2.21. The molecular formula is C18H23FN3O3+. The molecule has 3 amide bonds. The number of carbonyl (C=O) groups is 2. The molecule has 1 atom stereocenters. The lowest BCUT2D eigenvalue weighted by molar-refractivity contribution is -0.692. The Balaban J connectivity index is 1.80. The number of quaternary nitrogens is 1. The van der Waals surface area contributed by atoms with Crippen molar-refractivity contribution >= 4 is 11.9 Å². The number of rotatable bonds is 7. The van der Waals surface area contributed by atoms with Gasteiger partial charge in [0.1, 0.15) is 17.6 Å². The average molecular weight is 348 g/mol. The first-order valence-electron chi connectivity index (χ1n) is 8.14. The summed E-state index contributed by atoms with van der Waals surface area (Å²) in [5, 5.41) is 6.66. The Morgan fingerprint density at radius 1 is 1.20 bits per heavy atom. The molecule has 7 heteroatoms. The summed E-state index contributed by atoms with van der Waals surface area (Å²) in [5.74, 6) is 0.151. The summed E-state index contributed by atoms with van der Waals surface area (Å²) in [5.41, 5.74) is 0.937. The van der Waals surface area contributed by atoms with Crippen LogP contribution in [-0.2, 0) is 11.3 Å². The minimum absolute atomic E-state index is 0.00229. The van der Waals surface area contributed by atoms with Crippen LogP contribution in [0.25, 0.3) is 0 Å². The van der Waals surface area contributed by atoms with Crippen LogP contribution in [0.15, 0.2) is 47.1 Å². The number of amides is 3. The maximum Gasteiger partial charge on any atom is 0.321 e. The monoisotopic (exact) mass is 348 g/mol. The Kier molecular flexibility index (Phi) is 6.71. The van der Waals surface area contributed by atoms with Gasteiger partial charge in [0.15, 0.2) is 6.54 Å². The highest BCUT2D eigenvalue weighted by molar-refractivity contribution is 5.94. The Morgan fingerprint density at radius 3 is 2.52 bits per heavy atom. The normalized spacial score (nSPS) is 12.0. The van der Waals surface area contributed by atoms with Crippen LogP contribution in [0.1, 0.15) is 31.2 Å². The number of halogens is 1. The minimum Gasteiger partial charge on any atom is -0.467 e. The van der Waals surface area contributed by atoms with Gasteiger partial charge in [-0.3, -0.25) is 10.1 Å². The van der Waals surface area contributed by atoms with E-state index < -0.39 is 11.9 Å². The van der Waals surface area contributed by atoms with E-state index in [0.717, 1.165) is 5.56 Å². The Hall–Kier alpha value is -2.67. The van der Waals surface area contributed by atoms with Crippen LogP contribution in [0.5, 0.6) is 0 Å². The Morgan fingerprint density at radius 2 is 1.92 bits per heavy atom. The largest absolute Gasteiger partial charge is 0.467 e. The zero-order chi connectivity index (χ0) is 18.2. The molecule has 0 saturated heterocycles. The summed E-state index contributed by atoms with van der Waals surface area (Å²) >= 11 is 0. The van der Waals surface area contributed by atoms with E-state index in [1.807, 2.05) is 19.2 Å². The lowest BCUT2D eigenvalue weighted by Crippen LogP contribution is -2.88. The second-order valence-electron chi connectivity index (χ2n) is 6.07. The highest BCUT2D eigenvalue weighted by atomic mass is 19.1. The zero-order valence-electron chi connectivity index (χ0n) is 14.3. The smallest absolute Gasteiger partial charge is 0.321 e. The van der Waals surface area contributed by atoms with E-state index in [0.29, 0.717) is 5.76 Å². The molecular weight excluding hydrogens is 325 g/mol. The van der Waals surface area contributed by atoms with Gasteiger partial charge in [-0.15, -0.1) is 0 Å². The Bertz CT molecular complexity index is 684. The van der Waals surface area contributed by atoms with Gasteiger partial charge in [0.25, 0.3) is 5.91 Å². The van der Waals surface area contributed by atoms with Gasteiger partial charge in [-0.05, 0) is 24.3 Å². The third-order valence-electron chi connectivity index (χ3n) is 3.79. The van der Waals surface area contributed by atoms with E-state index in [4.69, 9.17) is 4.42 Å². The van der Waals surface area contributed by atoms with Crippen LogP contribution in [0.2, 0.25) is 0 Å². The number of benzene rings is 1. The molecule has 134 valence electrons. The summed E-state index contributed by atoms with van der Waals surface area (Å²) in [6.07, 6.45) is 1.51. The van der Waals surface area contributed by atoms with Gasteiger partial charge in [-0.2, -0.15) is 0 Å². The SMILES string of the molecule is CC(C)[C@@H]([NH2+]CC(=O)NC(=O)NCc1ccco1)c1ccc(F)cc1. The molecule has 0 bridgehead atoms. The van der Waals surface area contributed by atoms with Crippen molar-refractivity contribution in [1.29, 1.82) is 0 Å². The zero-order valence-corrected chi connectivity index (χ0v) is 14.3. The van der Waals surface area contributed by atoms with Crippen LogP contribution in [0, 0.1) is 11.7 Å². The fraction of sp³-hybridized carbons (Fsp3) is 0.333. The summed E-state index contributed by atoms with van der Waals surface area (Å²) < 4.78 is 18.1. The first-order valence-corrected chi connectivity index (χ1v) is 8.14. The van der Waals surface area contributed by atoms with Gasteiger partial charge in [0.2, 0.25) is 0 Å². The Labute approximate surface area is 145 Å². The van der Waals surface area contributed by atoms with Crippen molar-refractivity contribution in [2.24, 2.45) is 5.92 Å². The standard InChI is InChI=1S/C18H22FN3O3/c1-12(2)17(13-5-7-14(19)8-6-13)20-11-16(23)22-18(24)21-10-15-4-3-9-25-15/h3-9,12,17,20H,10-11H2,1-2H3,(H2,21,22,23,24)/p+1/t17-/m1/s1. The minimum atomic E-state index is -0.572. The third kappa shape index (κ3) is 6.04. The van der Waals surface area contributed by atoms with E-state index in [1.165, 1.54) is 18.4 Å². The van der Waals surface area contributed by atoms with Crippen molar-refractivity contribution in [3.63, 3.8) is 0 Å². The van der Waals surface area contributed by atoms with Gasteiger partial charge in [0.05, 0.1) is 12.8 Å². The van der Waals surface area contributed by atoms with Crippen molar-refractivity contribution in [1.82, 2.24) is 10.6 Å². The maximum atomic E-state index is 13.1. The molecule has 0 fully saturated rings. The molecule has 25 heavy (non-hydrogen) atoms. The fourth-order valence-electron chi connectivity index (χ4n) is 2.51. The molecule has 4 N–H and O–H groups in total. The molecule has 6 nitrogen and oxygen atoms in total. The number of hydrogen-bond acceptors (Lipinski definition) is 3. The number of nitrogens with one attached hydrogen (secondary N) is 2. The maximum absolute atomic E-state index is 13.1. The van der Waals surface area contributed by atoms with Crippen LogP contribution < -0.4 is 16.0 Å². The predicted molar refractivity (Wildman–Crippen MR) is 89.9 cm³/mol. The molecule has 1 aromatic heterocycles. The van der Waals surface area contributed by atoms with Crippen LogP contribution in [0.4, 0.5) is 9.18 Å². The molecule has 0 saturated carbocycles. The molecule has 0 spiro atoms. The van der Waals surface area contributed by atoms with Gasteiger partial charge in [0, 0.05) is 11.5 Å². The molecule has 0 aliphatic rings. The number of urea groups is 1. The molecule has 0 aliphatic carbocycles. The van der Waals surface area contributed by atoms with E-state index in [2.05, 4.69) is 10.6 Å². The van der Waals surface area contributed by atoms with E-state index in [9.17, 15) is 14.0 Å². The molecule has 1 heterocycles. The first-order chi connectivity index (χ1) is 12.0. The molecule has 0 radical (unpaired) electrons. The third-order valence-corrected chi connectivity index (χ3v) is 3.79. The van der Waals surface area contributed by atoms with E-state index in [-0.39, 0.29) is 30.9 Å². The lowest BCUT2D eigenvalue weighted by Gasteiger charge is -2.19. The molecule has 1 aromatic carbocycles. The predicted octanol–water partition coefficient (Wildman–Crippen LogP) is 1.71. The fourth-order valence-corrected chi connectivity index (χ4v) is 2.51. The summed E-state index contributed by atoms with van der Waals surface area (Å²) in [7, 11) is 0.